The first-order valence-electron chi connectivity index (χ1n) is 5.05. The molecule has 2 nitrogen and oxygen atoms in total. The van der Waals surface area contributed by atoms with Crippen molar-refractivity contribution in [3.63, 3.8) is 0 Å². The summed E-state index contributed by atoms with van der Waals surface area (Å²) in [4.78, 5) is 2.56. The Balaban J connectivity index is 2.14. The van der Waals surface area contributed by atoms with Crippen LogP contribution in [-0.2, 0) is 4.74 Å². The van der Waals surface area contributed by atoms with Gasteiger partial charge in [0.2, 0.25) is 0 Å². The van der Waals surface area contributed by atoms with Gasteiger partial charge in [-0.2, -0.15) is 0 Å². The minimum absolute atomic E-state index is 0.498. The van der Waals surface area contributed by atoms with Crippen LogP contribution in [0.1, 0.15) is 26.2 Å². The van der Waals surface area contributed by atoms with E-state index in [4.69, 9.17) is 4.74 Å². The second kappa shape index (κ2) is 3.00. The van der Waals surface area contributed by atoms with E-state index in [1.807, 2.05) is 0 Å². The molecule has 2 heterocycles. The van der Waals surface area contributed by atoms with Crippen molar-refractivity contribution in [1.82, 2.24) is 4.90 Å². The molecule has 0 aliphatic carbocycles. The SMILES string of the molecule is CC1CCN(C)C12CCOCC2. The van der Waals surface area contributed by atoms with Crippen LogP contribution in [-0.4, -0.2) is 37.2 Å². The molecule has 0 aromatic carbocycles. The van der Waals surface area contributed by atoms with E-state index < -0.39 is 0 Å². The van der Waals surface area contributed by atoms with Crippen molar-refractivity contribution in [1.29, 1.82) is 0 Å². The Morgan fingerprint density at radius 3 is 2.50 bits per heavy atom. The van der Waals surface area contributed by atoms with Gasteiger partial charge in [-0.15, -0.1) is 0 Å². The fourth-order valence-corrected chi connectivity index (χ4v) is 2.85. The van der Waals surface area contributed by atoms with Crippen LogP contribution < -0.4 is 0 Å². The lowest BCUT2D eigenvalue weighted by Crippen LogP contribution is -2.49. The van der Waals surface area contributed by atoms with Gasteiger partial charge < -0.3 is 9.64 Å². The highest BCUT2D eigenvalue weighted by molar-refractivity contribution is 4.99. The summed E-state index contributed by atoms with van der Waals surface area (Å²) in [5, 5.41) is 0. The smallest absolute Gasteiger partial charge is 0.0483 e. The van der Waals surface area contributed by atoms with E-state index in [2.05, 4.69) is 18.9 Å². The van der Waals surface area contributed by atoms with E-state index in [1.165, 1.54) is 25.8 Å². The maximum atomic E-state index is 5.43. The van der Waals surface area contributed by atoms with Crippen LogP contribution in [0.25, 0.3) is 0 Å². The largest absolute Gasteiger partial charge is 0.381 e. The topological polar surface area (TPSA) is 12.5 Å². The molecule has 70 valence electrons. The van der Waals surface area contributed by atoms with Crippen LogP contribution in [0.2, 0.25) is 0 Å². The van der Waals surface area contributed by atoms with Gasteiger partial charge in [-0.3, -0.25) is 0 Å². The zero-order valence-electron chi connectivity index (χ0n) is 8.18. The quantitative estimate of drug-likeness (QED) is 0.545. The number of likely N-dealkylation sites (tertiary alicyclic amines) is 1. The molecular weight excluding hydrogens is 150 g/mol. The zero-order valence-corrected chi connectivity index (χ0v) is 8.18. The molecule has 0 aromatic rings. The van der Waals surface area contributed by atoms with E-state index in [9.17, 15) is 0 Å². The lowest BCUT2D eigenvalue weighted by atomic mass is 9.80. The van der Waals surface area contributed by atoms with Crippen LogP contribution in [0.3, 0.4) is 0 Å². The Labute approximate surface area is 74.9 Å². The monoisotopic (exact) mass is 169 g/mol. The third kappa shape index (κ3) is 1.09. The average Bonchev–Trinajstić information content (AvgIpc) is 2.36. The van der Waals surface area contributed by atoms with Gasteiger partial charge >= 0.3 is 0 Å². The lowest BCUT2D eigenvalue weighted by Gasteiger charge is -2.42. The minimum Gasteiger partial charge on any atom is -0.381 e. The minimum atomic E-state index is 0.498. The van der Waals surface area contributed by atoms with Crippen molar-refractivity contribution >= 4 is 0 Å². The summed E-state index contributed by atoms with van der Waals surface area (Å²) in [6.45, 7) is 5.61. The summed E-state index contributed by atoms with van der Waals surface area (Å²) in [6.07, 6.45) is 3.85. The number of ether oxygens (including phenoxy) is 1. The predicted molar refractivity (Wildman–Crippen MR) is 49.2 cm³/mol. The first kappa shape index (κ1) is 8.52. The summed E-state index contributed by atoms with van der Waals surface area (Å²) < 4.78 is 5.43. The number of rotatable bonds is 0. The molecule has 2 aliphatic heterocycles. The molecule has 0 radical (unpaired) electrons. The highest BCUT2D eigenvalue weighted by Crippen LogP contribution is 2.40. The summed E-state index contributed by atoms with van der Waals surface area (Å²) >= 11 is 0. The van der Waals surface area contributed by atoms with Crippen molar-refractivity contribution in [3.05, 3.63) is 0 Å². The molecule has 1 unspecified atom stereocenters. The molecule has 0 saturated carbocycles. The number of hydrogen-bond donors (Lipinski definition) is 0. The molecule has 2 fully saturated rings. The molecule has 2 aliphatic rings. The normalized spacial score (nSPS) is 36.0. The molecule has 12 heavy (non-hydrogen) atoms. The molecule has 2 saturated heterocycles. The third-order valence-electron chi connectivity index (χ3n) is 3.93. The van der Waals surface area contributed by atoms with Gasteiger partial charge in [0.15, 0.2) is 0 Å². The number of hydrogen-bond acceptors (Lipinski definition) is 2. The van der Waals surface area contributed by atoms with Crippen molar-refractivity contribution in [3.8, 4) is 0 Å². The highest BCUT2D eigenvalue weighted by Gasteiger charge is 2.44. The zero-order chi connectivity index (χ0) is 8.60. The maximum absolute atomic E-state index is 5.43. The summed E-state index contributed by atoms with van der Waals surface area (Å²) in [5.41, 5.74) is 0.498. The Kier molecular flexibility index (Phi) is 2.13. The van der Waals surface area contributed by atoms with Gasteiger partial charge in [0.25, 0.3) is 0 Å². The molecule has 1 atom stereocenters. The molecule has 0 bridgehead atoms. The van der Waals surface area contributed by atoms with Crippen molar-refractivity contribution in [2.24, 2.45) is 5.92 Å². The van der Waals surface area contributed by atoms with Crippen molar-refractivity contribution in [2.75, 3.05) is 26.8 Å². The van der Waals surface area contributed by atoms with Crippen molar-refractivity contribution in [2.45, 2.75) is 31.7 Å². The third-order valence-corrected chi connectivity index (χ3v) is 3.93. The van der Waals surface area contributed by atoms with Crippen LogP contribution in [0.5, 0.6) is 0 Å². The van der Waals surface area contributed by atoms with Crippen LogP contribution >= 0.6 is 0 Å². The fraction of sp³-hybridized carbons (Fsp3) is 1.00. The first-order chi connectivity index (χ1) is 5.76. The van der Waals surface area contributed by atoms with E-state index in [1.54, 1.807) is 0 Å². The Morgan fingerprint density at radius 1 is 1.33 bits per heavy atom. The van der Waals surface area contributed by atoms with Crippen LogP contribution in [0.15, 0.2) is 0 Å². The first-order valence-corrected chi connectivity index (χ1v) is 5.05. The van der Waals surface area contributed by atoms with Crippen LogP contribution in [0, 0.1) is 5.92 Å². The highest BCUT2D eigenvalue weighted by atomic mass is 16.5. The Bertz CT molecular complexity index is 151. The average molecular weight is 169 g/mol. The molecule has 2 heteroatoms. The lowest BCUT2D eigenvalue weighted by molar-refractivity contribution is -0.0153. The van der Waals surface area contributed by atoms with E-state index in [0.29, 0.717) is 5.54 Å². The van der Waals surface area contributed by atoms with Gasteiger partial charge in [-0.05, 0) is 38.8 Å². The Hall–Kier alpha value is -0.0800. The summed E-state index contributed by atoms with van der Waals surface area (Å²) in [5.74, 6) is 0.867. The molecular formula is C10H19NO. The fourth-order valence-electron chi connectivity index (χ4n) is 2.85. The van der Waals surface area contributed by atoms with Gasteiger partial charge in [0, 0.05) is 18.8 Å². The molecule has 0 N–H and O–H groups in total. The maximum Gasteiger partial charge on any atom is 0.0483 e. The van der Waals surface area contributed by atoms with E-state index >= 15 is 0 Å². The van der Waals surface area contributed by atoms with Gasteiger partial charge in [0.05, 0.1) is 0 Å². The molecule has 0 amide bonds. The summed E-state index contributed by atoms with van der Waals surface area (Å²) in [7, 11) is 2.27. The second-order valence-electron chi connectivity index (χ2n) is 4.33. The van der Waals surface area contributed by atoms with Gasteiger partial charge in [0.1, 0.15) is 0 Å². The standard InChI is InChI=1S/C10H19NO/c1-9-3-6-11(2)10(9)4-7-12-8-5-10/h9H,3-8H2,1-2H3. The molecule has 0 aromatic heterocycles. The molecule has 2 rings (SSSR count). The number of nitrogens with zero attached hydrogens (tertiary/aromatic N) is 1. The Morgan fingerprint density at radius 2 is 2.00 bits per heavy atom. The van der Waals surface area contributed by atoms with E-state index in [-0.39, 0.29) is 0 Å². The van der Waals surface area contributed by atoms with Gasteiger partial charge in [-0.25, -0.2) is 0 Å². The van der Waals surface area contributed by atoms with Gasteiger partial charge in [-0.1, -0.05) is 6.92 Å². The summed E-state index contributed by atoms with van der Waals surface area (Å²) in [6, 6.07) is 0. The second-order valence-corrected chi connectivity index (χ2v) is 4.33. The van der Waals surface area contributed by atoms with E-state index in [0.717, 1.165) is 19.1 Å². The van der Waals surface area contributed by atoms with Crippen molar-refractivity contribution < 1.29 is 4.74 Å². The molecule has 1 spiro atoms. The van der Waals surface area contributed by atoms with Crippen LogP contribution in [0.4, 0.5) is 0 Å². The predicted octanol–water partition coefficient (Wildman–Crippen LogP) is 1.51.